The molecule has 0 aliphatic heterocycles. The van der Waals surface area contributed by atoms with Crippen molar-refractivity contribution in [2.75, 3.05) is 7.11 Å². The van der Waals surface area contributed by atoms with Crippen LogP contribution >= 0.6 is 15.9 Å². The lowest BCUT2D eigenvalue weighted by Crippen LogP contribution is -2.00. The summed E-state index contributed by atoms with van der Waals surface area (Å²) in [6, 6.07) is 7.44. The quantitative estimate of drug-likeness (QED) is 0.464. The van der Waals surface area contributed by atoms with Gasteiger partial charge >= 0.3 is 11.7 Å². The van der Waals surface area contributed by atoms with E-state index in [9.17, 15) is 14.9 Å². The molecular formula is C13H10BrNO6. The van der Waals surface area contributed by atoms with Gasteiger partial charge in [-0.05, 0) is 24.3 Å². The maximum Gasteiger partial charge on any atom is 0.373 e. The van der Waals surface area contributed by atoms with Crippen LogP contribution in [-0.2, 0) is 11.3 Å². The van der Waals surface area contributed by atoms with Gasteiger partial charge in [-0.15, -0.1) is 0 Å². The molecule has 110 valence electrons. The van der Waals surface area contributed by atoms with Crippen LogP contribution in [0.1, 0.15) is 16.3 Å². The molecule has 0 saturated carbocycles. The van der Waals surface area contributed by atoms with Gasteiger partial charge in [-0.1, -0.05) is 15.9 Å². The first-order valence-corrected chi connectivity index (χ1v) is 6.54. The van der Waals surface area contributed by atoms with Gasteiger partial charge in [0.25, 0.3) is 0 Å². The smallest absolute Gasteiger partial charge is 0.373 e. The fourth-order valence-electron chi connectivity index (χ4n) is 1.57. The van der Waals surface area contributed by atoms with Gasteiger partial charge in [0.05, 0.1) is 12.0 Å². The maximum absolute atomic E-state index is 11.2. The van der Waals surface area contributed by atoms with Gasteiger partial charge in [-0.3, -0.25) is 10.1 Å². The number of carbonyl (C=O) groups is 1. The molecule has 8 heteroatoms. The largest absolute Gasteiger partial charge is 0.479 e. The summed E-state index contributed by atoms with van der Waals surface area (Å²) >= 11 is 3.16. The van der Waals surface area contributed by atoms with E-state index in [1.807, 2.05) is 0 Å². The normalized spacial score (nSPS) is 10.2. The van der Waals surface area contributed by atoms with E-state index >= 15 is 0 Å². The molecule has 0 amide bonds. The van der Waals surface area contributed by atoms with Crippen LogP contribution in [-0.4, -0.2) is 18.0 Å². The number of rotatable bonds is 5. The van der Waals surface area contributed by atoms with E-state index in [0.29, 0.717) is 10.2 Å². The summed E-state index contributed by atoms with van der Waals surface area (Å²) in [6.45, 7) is -0.0422. The Labute approximate surface area is 127 Å². The number of methoxy groups -OCH3 is 1. The third-order valence-electron chi connectivity index (χ3n) is 2.54. The molecule has 21 heavy (non-hydrogen) atoms. The molecule has 0 atom stereocenters. The number of hydrogen-bond donors (Lipinski definition) is 0. The van der Waals surface area contributed by atoms with Gasteiger partial charge in [0.2, 0.25) is 5.76 Å². The first kappa shape index (κ1) is 15.0. The van der Waals surface area contributed by atoms with Gasteiger partial charge in [0.1, 0.15) is 12.4 Å². The second-order valence-corrected chi connectivity index (χ2v) is 4.83. The summed E-state index contributed by atoms with van der Waals surface area (Å²) in [5, 5.41) is 10.9. The Morgan fingerprint density at radius 3 is 2.81 bits per heavy atom. The van der Waals surface area contributed by atoms with Crippen molar-refractivity contribution in [3.05, 3.63) is 56.4 Å². The van der Waals surface area contributed by atoms with E-state index in [1.165, 1.54) is 31.4 Å². The van der Waals surface area contributed by atoms with E-state index in [1.54, 1.807) is 6.07 Å². The number of esters is 1. The average Bonchev–Trinajstić information content (AvgIpc) is 2.93. The molecule has 0 bridgehead atoms. The Bertz CT molecular complexity index is 681. The van der Waals surface area contributed by atoms with E-state index < -0.39 is 10.9 Å². The topological polar surface area (TPSA) is 91.8 Å². The first-order valence-electron chi connectivity index (χ1n) is 5.75. The molecule has 0 spiro atoms. The van der Waals surface area contributed by atoms with Crippen molar-refractivity contribution in [2.45, 2.75) is 6.61 Å². The Morgan fingerprint density at radius 1 is 1.38 bits per heavy atom. The van der Waals surface area contributed by atoms with Crippen molar-refractivity contribution in [1.29, 1.82) is 0 Å². The monoisotopic (exact) mass is 355 g/mol. The number of carbonyl (C=O) groups excluding carboxylic acids is 1. The molecule has 0 aliphatic carbocycles. The molecule has 0 radical (unpaired) electrons. The molecule has 2 rings (SSSR count). The zero-order chi connectivity index (χ0) is 15.4. The molecule has 0 fully saturated rings. The SMILES string of the molecule is COC(=O)c1ccc(COc2ccc(Br)cc2[N+](=O)[O-])o1. The predicted molar refractivity (Wildman–Crippen MR) is 75.2 cm³/mol. The van der Waals surface area contributed by atoms with Crippen LogP contribution in [0.3, 0.4) is 0 Å². The third kappa shape index (κ3) is 3.60. The number of nitrogens with zero attached hydrogens (tertiary/aromatic N) is 1. The van der Waals surface area contributed by atoms with Gasteiger partial charge in [0.15, 0.2) is 5.75 Å². The zero-order valence-corrected chi connectivity index (χ0v) is 12.5. The summed E-state index contributed by atoms with van der Waals surface area (Å²) in [5.74, 6) is -0.0934. The van der Waals surface area contributed by atoms with E-state index in [2.05, 4.69) is 20.7 Å². The summed E-state index contributed by atoms with van der Waals surface area (Å²) in [6.07, 6.45) is 0. The zero-order valence-electron chi connectivity index (χ0n) is 10.9. The third-order valence-corrected chi connectivity index (χ3v) is 3.03. The highest BCUT2D eigenvalue weighted by molar-refractivity contribution is 9.10. The highest BCUT2D eigenvalue weighted by Gasteiger charge is 2.17. The van der Waals surface area contributed by atoms with Crippen molar-refractivity contribution in [1.82, 2.24) is 0 Å². The molecule has 7 nitrogen and oxygen atoms in total. The van der Waals surface area contributed by atoms with Crippen LogP contribution < -0.4 is 4.74 Å². The van der Waals surface area contributed by atoms with Crippen LogP contribution in [0.4, 0.5) is 5.69 Å². The predicted octanol–water partition coefficient (Wildman–Crippen LogP) is 3.32. The minimum atomic E-state index is -0.601. The average molecular weight is 356 g/mol. The molecule has 0 unspecified atom stereocenters. The summed E-state index contributed by atoms with van der Waals surface area (Å²) in [5.41, 5.74) is -0.163. The first-order chi connectivity index (χ1) is 10.0. The maximum atomic E-state index is 11.2. The minimum Gasteiger partial charge on any atom is -0.479 e. The van der Waals surface area contributed by atoms with Crippen molar-refractivity contribution in [3.8, 4) is 5.75 Å². The molecule has 0 N–H and O–H groups in total. The van der Waals surface area contributed by atoms with Gasteiger partial charge in [-0.2, -0.15) is 0 Å². The van der Waals surface area contributed by atoms with E-state index in [-0.39, 0.29) is 23.8 Å². The Morgan fingerprint density at radius 2 is 2.14 bits per heavy atom. The Kier molecular flexibility index (Phi) is 4.59. The fraction of sp³-hybridized carbons (Fsp3) is 0.154. The Hall–Kier alpha value is -2.35. The van der Waals surface area contributed by atoms with Gasteiger partial charge in [-0.25, -0.2) is 4.79 Å². The molecule has 2 aromatic rings. The van der Waals surface area contributed by atoms with E-state index in [0.717, 1.165) is 0 Å². The van der Waals surface area contributed by atoms with Gasteiger partial charge < -0.3 is 13.9 Å². The number of nitro groups is 1. The number of benzene rings is 1. The van der Waals surface area contributed by atoms with Crippen LogP contribution in [0.5, 0.6) is 5.75 Å². The second-order valence-electron chi connectivity index (χ2n) is 3.92. The Balaban J connectivity index is 2.11. The molecule has 0 saturated heterocycles. The number of halogens is 1. The lowest BCUT2D eigenvalue weighted by Gasteiger charge is -2.05. The fourth-order valence-corrected chi connectivity index (χ4v) is 1.92. The summed E-state index contributed by atoms with van der Waals surface area (Å²) in [4.78, 5) is 21.6. The van der Waals surface area contributed by atoms with Crippen molar-refractivity contribution < 1.29 is 23.6 Å². The number of hydrogen-bond acceptors (Lipinski definition) is 6. The second kappa shape index (κ2) is 6.40. The molecule has 1 aromatic heterocycles. The van der Waals surface area contributed by atoms with Crippen LogP contribution in [0.25, 0.3) is 0 Å². The van der Waals surface area contributed by atoms with Crippen molar-refractivity contribution in [3.63, 3.8) is 0 Å². The lowest BCUT2D eigenvalue weighted by atomic mass is 10.3. The number of nitro benzene ring substituents is 1. The minimum absolute atomic E-state index is 0.0422. The molecule has 1 aromatic carbocycles. The standard InChI is InChI=1S/C13H10BrNO6/c1-19-13(16)12-5-3-9(21-12)7-20-11-4-2-8(14)6-10(11)15(17)18/h2-6H,7H2,1H3. The van der Waals surface area contributed by atoms with Crippen LogP contribution in [0, 0.1) is 10.1 Å². The summed E-state index contributed by atoms with van der Waals surface area (Å²) < 4.78 is 15.6. The number of ether oxygens (including phenoxy) is 2. The van der Waals surface area contributed by atoms with Gasteiger partial charge in [0, 0.05) is 10.5 Å². The lowest BCUT2D eigenvalue weighted by molar-refractivity contribution is -0.386. The summed E-state index contributed by atoms with van der Waals surface area (Å²) in [7, 11) is 1.24. The van der Waals surface area contributed by atoms with Crippen LogP contribution in [0.15, 0.2) is 39.2 Å². The molecular weight excluding hydrogens is 346 g/mol. The van der Waals surface area contributed by atoms with Crippen molar-refractivity contribution in [2.24, 2.45) is 0 Å². The van der Waals surface area contributed by atoms with Crippen molar-refractivity contribution >= 4 is 27.6 Å². The highest BCUT2D eigenvalue weighted by Crippen LogP contribution is 2.30. The van der Waals surface area contributed by atoms with Crippen LogP contribution in [0.2, 0.25) is 0 Å². The molecule has 0 aliphatic rings. The molecule has 1 heterocycles. The highest BCUT2D eigenvalue weighted by atomic mass is 79.9. The number of furan rings is 1. The van der Waals surface area contributed by atoms with E-state index in [4.69, 9.17) is 9.15 Å².